The van der Waals surface area contributed by atoms with E-state index in [9.17, 15) is 0 Å². The number of fused-ring (bicyclic) bond motifs is 1. The van der Waals surface area contributed by atoms with Gasteiger partial charge in [-0.3, -0.25) is 0 Å². The van der Waals surface area contributed by atoms with Crippen LogP contribution in [0.25, 0.3) is 0 Å². The third-order valence-corrected chi connectivity index (χ3v) is 2.39. The van der Waals surface area contributed by atoms with Gasteiger partial charge in [-0.1, -0.05) is 6.07 Å². The second-order valence-electron chi connectivity index (χ2n) is 3.09. The fraction of sp³-hybridized carbons (Fsp3) is 0.300. The summed E-state index contributed by atoms with van der Waals surface area (Å²) in [4.78, 5) is 4.23. The molecule has 0 aromatic heterocycles. The first-order valence-corrected chi connectivity index (χ1v) is 4.98. The summed E-state index contributed by atoms with van der Waals surface area (Å²) in [7, 11) is 0. The maximum atomic E-state index is 5.58. The van der Waals surface area contributed by atoms with Gasteiger partial charge in [0.2, 0.25) is 0 Å². The van der Waals surface area contributed by atoms with Crippen molar-refractivity contribution in [2.45, 2.75) is 6.42 Å². The summed E-state index contributed by atoms with van der Waals surface area (Å²) in [5.74, 6) is 1.60. The fourth-order valence-electron chi connectivity index (χ4n) is 1.49. The second kappa shape index (κ2) is 3.88. The molecule has 2 rings (SSSR count). The number of nitrogens with zero attached hydrogens (tertiary/aromatic N) is 1. The molecule has 0 fully saturated rings. The van der Waals surface area contributed by atoms with Crippen LogP contribution in [0.4, 0.5) is 5.69 Å². The van der Waals surface area contributed by atoms with Gasteiger partial charge in [-0.25, -0.2) is 4.99 Å². The Morgan fingerprint density at radius 1 is 1.57 bits per heavy atom. The highest BCUT2D eigenvalue weighted by Crippen LogP contribution is 2.33. The third kappa shape index (κ3) is 1.68. The number of alkyl halides is 1. The molecule has 1 aromatic carbocycles. The third-order valence-electron chi connectivity index (χ3n) is 2.12. The van der Waals surface area contributed by atoms with Crippen molar-refractivity contribution in [3.8, 4) is 5.75 Å². The SMILES string of the molecule is NC(CCl)=Nc1cccc2c1CCO2. The first-order valence-electron chi connectivity index (χ1n) is 4.45. The van der Waals surface area contributed by atoms with Crippen LogP contribution in [0.1, 0.15) is 5.56 Å². The molecule has 0 amide bonds. The Bertz CT molecular complexity index is 376. The van der Waals surface area contributed by atoms with Crippen LogP contribution in [0.2, 0.25) is 0 Å². The van der Waals surface area contributed by atoms with Gasteiger partial charge in [0.25, 0.3) is 0 Å². The van der Waals surface area contributed by atoms with Gasteiger partial charge in [0.1, 0.15) is 11.6 Å². The molecule has 0 saturated carbocycles. The molecule has 0 unspecified atom stereocenters. The highest BCUT2D eigenvalue weighted by molar-refractivity contribution is 6.28. The molecule has 0 saturated heterocycles. The summed E-state index contributed by atoms with van der Waals surface area (Å²) in [6, 6.07) is 5.77. The van der Waals surface area contributed by atoms with Crippen molar-refractivity contribution in [3.05, 3.63) is 23.8 Å². The smallest absolute Gasteiger partial charge is 0.124 e. The molecule has 3 nitrogen and oxygen atoms in total. The molecular formula is C10H11ClN2O. The minimum absolute atomic E-state index is 0.254. The Balaban J connectivity index is 2.40. The summed E-state index contributed by atoms with van der Waals surface area (Å²) in [6.45, 7) is 0.725. The number of amidine groups is 1. The van der Waals surface area contributed by atoms with E-state index < -0.39 is 0 Å². The van der Waals surface area contributed by atoms with Crippen molar-refractivity contribution in [1.82, 2.24) is 0 Å². The maximum absolute atomic E-state index is 5.58. The van der Waals surface area contributed by atoms with Crippen LogP contribution in [0.5, 0.6) is 5.75 Å². The van der Waals surface area contributed by atoms with E-state index >= 15 is 0 Å². The summed E-state index contributed by atoms with van der Waals surface area (Å²) in [5, 5.41) is 0. The molecule has 1 aliphatic rings. The van der Waals surface area contributed by atoms with Crippen molar-refractivity contribution in [2.24, 2.45) is 10.7 Å². The molecule has 74 valence electrons. The van der Waals surface area contributed by atoms with Gasteiger partial charge < -0.3 is 10.5 Å². The first-order chi connectivity index (χ1) is 6.81. The van der Waals surface area contributed by atoms with E-state index in [2.05, 4.69) is 4.99 Å². The first kappa shape index (κ1) is 9.34. The van der Waals surface area contributed by atoms with E-state index in [0.29, 0.717) is 5.84 Å². The molecule has 0 atom stereocenters. The van der Waals surface area contributed by atoms with Crippen molar-refractivity contribution < 1.29 is 4.74 Å². The van der Waals surface area contributed by atoms with Crippen LogP contribution in [-0.4, -0.2) is 18.3 Å². The van der Waals surface area contributed by atoms with E-state index in [-0.39, 0.29) is 5.88 Å². The van der Waals surface area contributed by atoms with Gasteiger partial charge in [-0.2, -0.15) is 0 Å². The molecule has 0 spiro atoms. The maximum Gasteiger partial charge on any atom is 0.124 e. The number of hydrogen-bond acceptors (Lipinski definition) is 2. The molecule has 1 aromatic rings. The Morgan fingerprint density at radius 2 is 2.43 bits per heavy atom. The van der Waals surface area contributed by atoms with Gasteiger partial charge in [0.15, 0.2) is 0 Å². The molecule has 4 heteroatoms. The zero-order valence-electron chi connectivity index (χ0n) is 7.66. The van der Waals surface area contributed by atoms with Crippen LogP contribution >= 0.6 is 11.6 Å². The van der Waals surface area contributed by atoms with E-state index in [1.807, 2.05) is 18.2 Å². The summed E-state index contributed by atoms with van der Waals surface area (Å²) in [5.41, 5.74) is 7.58. The number of halogens is 1. The van der Waals surface area contributed by atoms with Crippen LogP contribution in [0, 0.1) is 0 Å². The van der Waals surface area contributed by atoms with Crippen molar-refractivity contribution in [2.75, 3.05) is 12.5 Å². The number of nitrogens with two attached hydrogens (primary N) is 1. The van der Waals surface area contributed by atoms with Crippen LogP contribution in [0.15, 0.2) is 23.2 Å². The Hall–Kier alpha value is -1.22. The lowest BCUT2D eigenvalue weighted by molar-refractivity contribution is 0.357. The fourth-order valence-corrected chi connectivity index (χ4v) is 1.55. The van der Waals surface area contributed by atoms with Crippen LogP contribution in [0.3, 0.4) is 0 Å². The number of aliphatic imine (C=N–C) groups is 1. The molecule has 0 aliphatic carbocycles. The van der Waals surface area contributed by atoms with Crippen molar-refractivity contribution in [3.63, 3.8) is 0 Å². The van der Waals surface area contributed by atoms with Crippen LogP contribution < -0.4 is 10.5 Å². The van der Waals surface area contributed by atoms with E-state index in [0.717, 1.165) is 30.0 Å². The highest BCUT2D eigenvalue weighted by atomic mass is 35.5. The molecular weight excluding hydrogens is 200 g/mol. The summed E-state index contributed by atoms with van der Waals surface area (Å²) in [6.07, 6.45) is 0.893. The average Bonchev–Trinajstić information content (AvgIpc) is 2.66. The number of rotatable bonds is 2. The minimum Gasteiger partial charge on any atom is -0.493 e. The van der Waals surface area contributed by atoms with Gasteiger partial charge in [-0.05, 0) is 12.1 Å². The zero-order chi connectivity index (χ0) is 9.97. The van der Waals surface area contributed by atoms with Crippen molar-refractivity contribution >= 4 is 23.1 Å². The molecule has 1 aliphatic heterocycles. The largest absolute Gasteiger partial charge is 0.493 e. The normalized spacial score (nSPS) is 15.1. The van der Waals surface area contributed by atoms with Crippen LogP contribution in [-0.2, 0) is 6.42 Å². The predicted molar refractivity (Wildman–Crippen MR) is 57.6 cm³/mol. The lowest BCUT2D eigenvalue weighted by Gasteiger charge is -2.02. The highest BCUT2D eigenvalue weighted by Gasteiger charge is 2.15. The average molecular weight is 211 g/mol. The Morgan fingerprint density at radius 3 is 3.21 bits per heavy atom. The quantitative estimate of drug-likeness (QED) is 0.460. The minimum atomic E-state index is 0.254. The summed E-state index contributed by atoms with van der Waals surface area (Å²) >= 11 is 5.57. The molecule has 0 bridgehead atoms. The molecule has 0 radical (unpaired) electrons. The second-order valence-corrected chi connectivity index (χ2v) is 3.36. The van der Waals surface area contributed by atoms with E-state index in [1.165, 1.54) is 0 Å². The van der Waals surface area contributed by atoms with E-state index in [4.69, 9.17) is 22.1 Å². The van der Waals surface area contributed by atoms with E-state index in [1.54, 1.807) is 0 Å². The predicted octanol–water partition coefficient (Wildman–Crippen LogP) is 1.85. The molecule has 1 heterocycles. The van der Waals surface area contributed by atoms with Crippen molar-refractivity contribution in [1.29, 1.82) is 0 Å². The van der Waals surface area contributed by atoms with Gasteiger partial charge >= 0.3 is 0 Å². The van der Waals surface area contributed by atoms with Gasteiger partial charge in [0, 0.05) is 12.0 Å². The number of ether oxygens (including phenoxy) is 1. The lowest BCUT2D eigenvalue weighted by atomic mass is 10.1. The van der Waals surface area contributed by atoms with Gasteiger partial charge in [-0.15, -0.1) is 11.6 Å². The Labute approximate surface area is 87.5 Å². The number of hydrogen-bond donors (Lipinski definition) is 1. The zero-order valence-corrected chi connectivity index (χ0v) is 8.42. The monoisotopic (exact) mass is 210 g/mol. The standard InChI is InChI=1S/C10H11ClN2O/c11-6-10(12)13-8-2-1-3-9-7(8)4-5-14-9/h1-3H,4-6H2,(H2,12,13). The summed E-state index contributed by atoms with van der Waals surface area (Å²) < 4.78 is 5.41. The molecule has 2 N–H and O–H groups in total. The van der Waals surface area contributed by atoms with Gasteiger partial charge in [0.05, 0.1) is 18.2 Å². The molecule has 14 heavy (non-hydrogen) atoms. The Kier molecular flexibility index (Phi) is 2.59. The topological polar surface area (TPSA) is 47.6 Å². The lowest BCUT2D eigenvalue weighted by Crippen LogP contribution is -2.12. The number of benzene rings is 1.